The topological polar surface area (TPSA) is 32.4 Å². The molecule has 2 aromatic rings. The minimum atomic E-state index is -0.0869. The summed E-state index contributed by atoms with van der Waals surface area (Å²) in [4.78, 5) is 3.54. The van der Waals surface area contributed by atoms with Gasteiger partial charge in [-0.15, -0.1) is 0 Å². The molecule has 3 rings (SSSR count). The van der Waals surface area contributed by atoms with Crippen LogP contribution < -0.4 is 14.5 Å². The van der Waals surface area contributed by atoms with E-state index in [0.717, 1.165) is 39.9 Å². The molecule has 1 atom stereocenters. The van der Waals surface area contributed by atoms with E-state index in [1.807, 2.05) is 30.3 Å². The maximum Gasteiger partial charge on any atom is 0.208 e. The number of benzene rings is 2. The van der Waals surface area contributed by atoms with Crippen LogP contribution in [0.25, 0.3) is 6.08 Å². The van der Waals surface area contributed by atoms with Crippen LogP contribution in [0.15, 0.2) is 42.5 Å². The first kappa shape index (κ1) is 17.6. The van der Waals surface area contributed by atoms with Crippen LogP contribution in [-0.4, -0.2) is 19.9 Å². The van der Waals surface area contributed by atoms with Crippen LogP contribution in [0, 0.1) is 0 Å². The van der Waals surface area contributed by atoms with Gasteiger partial charge >= 0.3 is 0 Å². The Morgan fingerprint density at radius 2 is 1.88 bits per heavy atom. The number of hydrogen-bond acceptors (Lipinski definition) is 2. The SMILES string of the molecule is CCC1(C)C(/C=C/c2ccc(OC)cc2OC)=[NH+]c2ccc(Cl)cc21. The molecule has 0 spiro atoms. The van der Waals surface area contributed by atoms with Crippen LogP contribution in [0.4, 0.5) is 5.69 Å². The molecular weight excluding hydrogens is 334 g/mol. The van der Waals surface area contributed by atoms with Gasteiger partial charge in [0.2, 0.25) is 5.69 Å². The van der Waals surface area contributed by atoms with E-state index in [1.165, 1.54) is 5.56 Å². The third-order valence-electron chi connectivity index (χ3n) is 5.02. The molecule has 0 aliphatic carbocycles. The second-order valence-corrected chi connectivity index (χ2v) is 6.79. The summed E-state index contributed by atoms with van der Waals surface area (Å²) in [5.74, 6) is 1.56. The summed E-state index contributed by atoms with van der Waals surface area (Å²) in [6.45, 7) is 4.44. The van der Waals surface area contributed by atoms with Crippen molar-refractivity contribution in [3.05, 3.63) is 58.6 Å². The zero-order valence-electron chi connectivity index (χ0n) is 15.0. The Balaban J connectivity index is 1.97. The molecule has 1 aliphatic heterocycles. The lowest BCUT2D eigenvalue weighted by molar-refractivity contribution is -0.349. The predicted octanol–water partition coefficient (Wildman–Crippen LogP) is 3.91. The molecule has 0 saturated heterocycles. The van der Waals surface area contributed by atoms with Crippen molar-refractivity contribution in [2.75, 3.05) is 14.2 Å². The smallest absolute Gasteiger partial charge is 0.208 e. The highest BCUT2D eigenvalue weighted by atomic mass is 35.5. The summed E-state index contributed by atoms with van der Waals surface area (Å²) >= 11 is 6.21. The number of fused-ring (bicyclic) bond motifs is 1. The zero-order chi connectivity index (χ0) is 18.0. The minimum Gasteiger partial charge on any atom is -0.497 e. The fraction of sp³-hybridized carbons (Fsp3) is 0.286. The van der Waals surface area contributed by atoms with Crippen LogP contribution in [0.2, 0.25) is 5.02 Å². The summed E-state index contributed by atoms with van der Waals surface area (Å²) in [6.07, 6.45) is 5.18. The average Bonchev–Trinajstić information content (AvgIpc) is 2.92. The molecule has 1 unspecified atom stereocenters. The molecule has 0 saturated carbocycles. The third-order valence-corrected chi connectivity index (χ3v) is 5.25. The van der Waals surface area contributed by atoms with Crippen LogP contribution >= 0.6 is 11.6 Å². The molecule has 25 heavy (non-hydrogen) atoms. The van der Waals surface area contributed by atoms with E-state index in [9.17, 15) is 0 Å². The maximum absolute atomic E-state index is 6.21. The van der Waals surface area contributed by atoms with Crippen molar-refractivity contribution in [2.45, 2.75) is 25.7 Å². The molecule has 1 heterocycles. The van der Waals surface area contributed by atoms with Gasteiger partial charge in [-0.2, -0.15) is 0 Å². The van der Waals surface area contributed by atoms with Crippen LogP contribution in [0.5, 0.6) is 11.5 Å². The lowest BCUT2D eigenvalue weighted by Crippen LogP contribution is -2.65. The Hall–Kier alpha value is -2.26. The van der Waals surface area contributed by atoms with Gasteiger partial charge in [0.05, 0.1) is 19.6 Å². The Morgan fingerprint density at radius 3 is 2.56 bits per heavy atom. The fourth-order valence-electron chi connectivity index (χ4n) is 3.25. The van der Waals surface area contributed by atoms with Gasteiger partial charge in [-0.25, -0.2) is 4.99 Å². The van der Waals surface area contributed by atoms with Crippen molar-refractivity contribution < 1.29 is 14.5 Å². The molecule has 0 radical (unpaired) electrons. The largest absolute Gasteiger partial charge is 0.497 e. The molecule has 3 nitrogen and oxygen atoms in total. The van der Waals surface area contributed by atoms with Crippen molar-refractivity contribution in [3.8, 4) is 11.5 Å². The monoisotopic (exact) mass is 356 g/mol. The summed E-state index contributed by atoms with van der Waals surface area (Å²) in [6, 6.07) is 11.8. The first-order valence-corrected chi connectivity index (χ1v) is 8.74. The molecule has 0 bridgehead atoms. The normalized spacial score (nSPS) is 19.0. The van der Waals surface area contributed by atoms with E-state index in [4.69, 9.17) is 21.1 Å². The van der Waals surface area contributed by atoms with Gasteiger partial charge < -0.3 is 9.47 Å². The number of hydrogen-bond donors (Lipinski definition) is 1. The van der Waals surface area contributed by atoms with Crippen molar-refractivity contribution in [2.24, 2.45) is 0 Å². The Bertz CT molecular complexity index is 857. The average molecular weight is 357 g/mol. The van der Waals surface area contributed by atoms with E-state index < -0.39 is 0 Å². The van der Waals surface area contributed by atoms with Gasteiger partial charge in [0, 0.05) is 34.4 Å². The van der Waals surface area contributed by atoms with E-state index in [2.05, 4.69) is 37.1 Å². The molecule has 2 aromatic carbocycles. The lowest BCUT2D eigenvalue weighted by atomic mass is 9.77. The van der Waals surface area contributed by atoms with Crippen molar-refractivity contribution in [3.63, 3.8) is 0 Å². The van der Waals surface area contributed by atoms with E-state index in [0.29, 0.717) is 0 Å². The van der Waals surface area contributed by atoms with Gasteiger partial charge in [-0.3, -0.25) is 0 Å². The van der Waals surface area contributed by atoms with Gasteiger partial charge in [0.15, 0.2) is 5.71 Å². The van der Waals surface area contributed by atoms with E-state index >= 15 is 0 Å². The second kappa shape index (κ2) is 6.93. The summed E-state index contributed by atoms with van der Waals surface area (Å²) in [5.41, 5.74) is 4.44. The molecule has 0 amide bonds. The van der Waals surface area contributed by atoms with E-state index in [1.54, 1.807) is 14.2 Å². The number of nitrogens with one attached hydrogen (secondary N) is 1. The predicted molar refractivity (Wildman–Crippen MR) is 103 cm³/mol. The first-order valence-electron chi connectivity index (χ1n) is 8.36. The second-order valence-electron chi connectivity index (χ2n) is 6.36. The Labute approximate surface area is 154 Å². The Morgan fingerprint density at radius 1 is 1.08 bits per heavy atom. The van der Waals surface area contributed by atoms with Crippen molar-refractivity contribution in [1.29, 1.82) is 0 Å². The van der Waals surface area contributed by atoms with Crippen molar-refractivity contribution in [1.82, 2.24) is 0 Å². The number of rotatable bonds is 5. The van der Waals surface area contributed by atoms with Gasteiger partial charge in [0.25, 0.3) is 0 Å². The minimum absolute atomic E-state index is 0.0869. The highest BCUT2D eigenvalue weighted by Gasteiger charge is 2.42. The fourth-order valence-corrected chi connectivity index (χ4v) is 3.42. The molecule has 0 fully saturated rings. The zero-order valence-corrected chi connectivity index (χ0v) is 15.8. The maximum atomic E-state index is 6.21. The standard InChI is InChI=1S/C21H22ClNO2/c1-5-21(2)17-12-15(22)8-10-18(17)23-20(21)11-7-14-6-9-16(24-3)13-19(14)25-4/h6-13H,5H2,1-4H3/p+1/b11-7+. The highest BCUT2D eigenvalue weighted by Crippen LogP contribution is 2.37. The molecule has 4 heteroatoms. The number of ether oxygens (including phenoxy) is 2. The summed E-state index contributed by atoms with van der Waals surface area (Å²) in [7, 11) is 3.32. The molecule has 1 aliphatic rings. The Kier molecular flexibility index (Phi) is 4.87. The quantitative estimate of drug-likeness (QED) is 0.881. The first-order chi connectivity index (χ1) is 12.0. The lowest BCUT2D eigenvalue weighted by Gasteiger charge is -2.20. The van der Waals surface area contributed by atoms with E-state index in [-0.39, 0.29) is 5.41 Å². The molecule has 0 aromatic heterocycles. The highest BCUT2D eigenvalue weighted by molar-refractivity contribution is 6.30. The summed E-state index contributed by atoms with van der Waals surface area (Å²) in [5, 5.41) is 0.766. The molecule has 130 valence electrons. The molecular formula is C21H23ClNO2+. The van der Waals surface area contributed by atoms with Gasteiger partial charge in [-0.05, 0) is 43.7 Å². The summed E-state index contributed by atoms with van der Waals surface area (Å²) < 4.78 is 10.7. The third kappa shape index (κ3) is 3.16. The van der Waals surface area contributed by atoms with Crippen LogP contribution in [0.3, 0.4) is 0 Å². The van der Waals surface area contributed by atoms with Gasteiger partial charge in [-0.1, -0.05) is 18.5 Å². The number of allylic oxidation sites excluding steroid dienone is 1. The van der Waals surface area contributed by atoms with Crippen molar-refractivity contribution >= 4 is 29.1 Å². The molecule has 1 N–H and O–H groups in total. The number of methoxy groups -OCH3 is 2. The number of halogens is 1. The van der Waals surface area contributed by atoms with Crippen LogP contribution in [0.1, 0.15) is 31.4 Å². The van der Waals surface area contributed by atoms with Crippen LogP contribution in [-0.2, 0) is 5.41 Å². The van der Waals surface area contributed by atoms with Gasteiger partial charge in [0.1, 0.15) is 11.5 Å².